The number of nitro benzene ring substituents is 3. The van der Waals surface area contributed by atoms with Gasteiger partial charge < -0.3 is 9.80 Å². The second-order valence-corrected chi connectivity index (χ2v) is 6.93. The van der Waals surface area contributed by atoms with Gasteiger partial charge in [-0.25, -0.2) is 0 Å². The number of nitrogens with zero attached hydrogens (tertiary/aromatic N) is 5. The first kappa shape index (κ1) is 19.5. The molecule has 2 fully saturated rings. The molecule has 0 radical (unpaired) electrons. The van der Waals surface area contributed by atoms with Crippen LogP contribution in [0.5, 0.6) is 0 Å². The highest BCUT2D eigenvalue weighted by molar-refractivity contribution is 5.79. The van der Waals surface area contributed by atoms with Crippen LogP contribution < -0.4 is 4.90 Å². The summed E-state index contributed by atoms with van der Waals surface area (Å²) in [4.78, 5) is 47.0. The van der Waals surface area contributed by atoms with Crippen LogP contribution in [0.15, 0.2) is 12.1 Å². The lowest BCUT2D eigenvalue weighted by molar-refractivity contribution is -0.402. The van der Waals surface area contributed by atoms with E-state index in [9.17, 15) is 35.1 Å². The summed E-state index contributed by atoms with van der Waals surface area (Å²) in [7, 11) is 0. The SMILES string of the molecule is CC(=O)N1CCC[C@@H]1[C@H]1CCCN1c1c([N+](=O)[O-])cc([N+](=O)[O-])cc1[N+](=O)[O-]. The summed E-state index contributed by atoms with van der Waals surface area (Å²) in [6.07, 6.45) is 2.77. The van der Waals surface area contributed by atoms with Crippen LogP contribution in [0.3, 0.4) is 0 Å². The topological polar surface area (TPSA) is 153 Å². The number of non-ortho nitro benzene ring substituents is 1. The highest BCUT2D eigenvalue weighted by Gasteiger charge is 2.44. The monoisotopic (exact) mass is 393 g/mol. The van der Waals surface area contributed by atoms with Crippen LogP contribution in [0.2, 0.25) is 0 Å². The van der Waals surface area contributed by atoms with Crippen LogP contribution in [0, 0.1) is 30.3 Å². The van der Waals surface area contributed by atoms with E-state index < -0.39 is 31.8 Å². The minimum Gasteiger partial charge on any atom is -0.355 e. The average molecular weight is 393 g/mol. The Kier molecular flexibility index (Phi) is 5.12. The number of rotatable bonds is 5. The quantitative estimate of drug-likeness (QED) is 0.546. The number of hydrogen-bond donors (Lipinski definition) is 0. The van der Waals surface area contributed by atoms with Gasteiger partial charge >= 0.3 is 11.4 Å². The molecule has 2 aliphatic rings. The molecule has 1 aromatic carbocycles. The zero-order valence-corrected chi connectivity index (χ0v) is 15.1. The predicted molar refractivity (Wildman–Crippen MR) is 97.2 cm³/mol. The van der Waals surface area contributed by atoms with Gasteiger partial charge in [-0.1, -0.05) is 0 Å². The molecule has 12 nitrogen and oxygen atoms in total. The molecule has 0 spiro atoms. The number of benzene rings is 1. The van der Waals surface area contributed by atoms with Crippen LogP contribution >= 0.6 is 0 Å². The molecule has 2 aliphatic heterocycles. The number of nitro groups is 3. The lowest BCUT2D eigenvalue weighted by atomic mass is 10.0. The molecule has 1 aromatic rings. The van der Waals surface area contributed by atoms with Crippen molar-refractivity contribution in [3.05, 3.63) is 42.5 Å². The lowest BCUT2D eigenvalue weighted by Crippen LogP contribution is -2.48. The molecule has 0 aliphatic carbocycles. The Morgan fingerprint density at radius 1 is 0.929 bits per heavy atom. The van der Waals surface area contributed by atoms with Gasteiger partial charge in [-0.3, -0.25) is 35.1 Å². The fourth-order valence-corrected chi connectivity index (χ4v) is 4.32. The van der Waals surface area contributed by atoms with Crippen molar-refractivity contribution >= 4 is 28.7 Å². The maximum Gasteiger partial charge on any atom is 0.306 e. The summed E-state index contributed by atoms with van der Waals surface area (Å²) in [6, 6.07) is 1.00. The Labute approximate surface area is 159 Å². The van der Waals surface area contributed by atoms with Gasteiger partial charge in [-0.05, 0) is 25.7 Å². The third kappa shape index (κ3) is 3.32. The van der Waals surface area contributed by atoms with E-state index in [1.807, 2.05) is 0 Å². The summed E-state index contributed by atoms with van der Waals surface area (Å²) in [5, 5.41) is 34.3. The summed E-state index contributed by atoms with van der Waals surface area (Å²) in [5.41, 5.74) is -2.26. The second kappa shape index (κ2) is 7.37. The summed E-state index contributed by atoms with van der Waals surface area (Å²) in [5.74, 6) is -0.109. The molecule has 0 N–H and O–H groups in total. The van der Waals surface area contributed by atoms with E-state index in [1.165, 1.54) is 6.92 Å². The van der Waals surface area contributed by atoms with E-state index >= 15 is 0 Å². The number of carbonyl (C=O) groups is 1. The maximum atomic E-state index is 11.9. The molecule has 0 aromatic heterocycles. The van der Waals surface area contributed by atoms with Crippen LogP contribution in [0.4, 0.5) is 22.7 Å². The lowest BCUT2D eigenvalue weighted by Gasteiger charge is -2.35. The summed E-state index contributed by atoms with van der Waals surface area (Å²) < 4.78 is 0. The first-order valence-corrected chi connectivity index (χ1v) is 8.87. The molecule has 1 amide bonds. The van der Waals surface area contributed by atoms with Crippen LogP contribution in [-0.4, -0.2) is 50.8 Å². The molecule has 12 heteroatoms. The third-order valence-electron chi connectivity index (χ3n) is 5.39. The molecule has 28 heavy (non-hydrogen) atoms. The highest BCUT2D eigenvalue weighted by atomic mass is 16.6. The zero-order valence-electron chi connectivity index (χ0n) is 15.1. The normalized spacial score (nSPS) is 21.8. The molecule has 0 bridgehead atoms. The van der Waals surface area contributed by atoms with Crippen molar-refractivity contribution in [1.29, 1.82) is 0 Å². The molecular formula is C16H19N5O7. The van der Waals surface area contributed by atoms with Crippen molar-refractivity contribution in [3.8, 4) is 0 Å². The summed E-state index contributed by atoms with van der Waals surface area (Å²) >= 11 is 0. The first-order chi connectivity index (χ1) is 13.2. The van der Waals surface area contributed by atoms with E-state index in [0.717, 1.165) is 18.6 Å². The zero-order chi connectivity index (χ0) is 20.6. The minimum atomic E-state index is -0.889. The standard InChI is InChI=1S/C16H19N5O7/c1-10(22)17-6-2-4-12(17)13-5-3-7-18(13)16-14(20(25)26)8-11(19(23)24)9-15(16)21(27)28/h8-9,12-13H,2-7H2,1H3/t12-,13-/m1/s1. The van der Waals surface area contributed by atoms with Gasteiger partial charge in [-0.15, -0.1) is 0 Å². The Morgan fingerprint density at radius 3 is 1.96 bits per heavy atom. The van der Waals surface area contributed by atoms with Crippen molar-refractivity contribution in [1.82, 2.24) is 4.90 Å². The van der Waals surface area contributed by atoms with E-state index in [0.29, 0.717) is 32.4 Å². The van der Waals surface area contributed by atoms with Crippen molar-refractivity contribution in [3.63, 3.8) is 0 Å². The second-order valence-electron chi connectivity index (χ2n) is 6.93. The summed E-state index contributed by atoms with van der Waals surface area (Å²) in [6.45, 7) is 2.37. The van der Waals surface area contributed by atoms with Gasteiger partial charge in [0.2, 0.25) is 5.91 Å². The molecule has 0 unspecified atom stereocenters. The number of carbonyl (C=O) groups excluding carboxylic acids is 1. The number of anilines is 1. The molecular weight excluding hydrogens is 374 g/mol. The largest absolute Gasteiger partial charge is 0.355 e. The maximum absolute atomic E-state index is 11.9. The van der Waals surface area contributed by atoms with E-state index in [1.54, 1.807) is 9.80 Å². The average Bonchev–Trinajstić information content (AvgIpc) is 3.28. The first-order valence-electron chi connectivity index (χ1n) is 8.87. The van der Waals surface area contributed by atoms with Gasteiger partial charge in [0.25, 0.3) is 5.69 Å². The molecule has 0 saturated carbocycles. The number of hydrogen-bond acceptors (Lipinski definition) is 8. The van der Waals surface area contributed by atoms with Gasteiger partial charge in [0.05, 0.1) is 32.9 Å². The molecule has 2 heterocycles. The Morgan fingerprint density at radius 2 is 1.46 bits per heavy atom. The number of likely N-dealkylation sites (tertiary alicyclic amines) is 1. The predicted octanol–water partition coefficient (Wildman–Crippen LogP) is 2.39. The van der Waals surface area contributed by atoms with Crippen molar-refractivity contribution < 1.29 is 19.6 Å². The van der Waals surface area contributed by atoms with E-state index in [4.69, 9.17) is 0 Å². The molecule has 2 atom stereocenters. The number of amides is 1. The van der Waals surface area contributed by atoms with Crippen LogP contribution in [0.25, 0.3) is 0 Å². The molecule has 150 valence electrons. The van der Waals surface area contributed by atoms with Crippen LogP contribution in [-0.2, 0) is 4.79 Å². The third-order valence-corrected chi connectivity index (χ3v) is 5.39. The Bertz CT molecular complexity index is 823. The smallest absolute Gasteiger partial charge is 0.306 e. The van der Waals surface area contributed by atoms with Gasteiger partial charge in [0.1, 0.15) is 0 Å². The Hall–Kier alpha value is -3.31. The van der Waals surface area contributed by atoms with E-state index in [2.05, 4.69) is 0 Å². The fourth-order valence-electron chi connectivity index (χ4n) is 4.32. The highest BCUT2D eigenvalue weighted by Crippen LogP contribution is 2.45. The van der Waals surface area contributed by atoms with Gasteiger partial charge in [-0.2, -0.15) is 0 Å². The molecule has 2 saturated heterocycles. The minimum absolute atomic E-state index is 0.109. The van der Waals surface area contributed by atoms with Gasteiger partial charge in [0.15, 0.2) is 5.69 Å². The van der Waals surface area contributed by atoms with Crippen molar-refractivity contribution in [2.75, 3.05) is 18.0 Å². The molecule has 3 rings (SSSR count). The fraction of sp³-hybridized carbons (Fsp3) is 0.562. The van der Waals surface area contributed by atoms with Gasteiger partial charge in [0, 0.05) is 26.1 Å². The van der Waals surface area contributed by atoms with Crippen molar-refractivity contribution in [2.45, 2.75) is 44.7 Å². The van der Waals surface area contributed by atoms with E-state index in [-0.39, 0.29) is 23.7 Å². The van der Waals surface area contributed by atoms with Crippen LogP contribution in [0.1, 0.15) is 32.6 Å². The van der Waals surface area contributed by atoms with Crippen molar-refractivity contribution in [2.24, 2.45) is 0 Å². The Balaban J connectivity index is 2.13.